The van der Waals surface area contributed by atoms with Gasteiger partial charge in [-0.1, -0.05) is 41.9 Å². The standard InChI is InChI=1S/C24H19ClN2O6/c1-14-7-8-16(11-15(14)2)23(29)18-5-3-4-6-19(18)24(30)33-13-22(28)26-20-12-17(25)9-10-21(20)27(31)32/h3-12H,13H2,1-2H3,(H,26,28). The van der Waals surface area contributed by atoms with Crippen LogP contribution in [0.1, 0.15) is 37.4 Å². The molecular weight excluding hydrogens is 448 g/mol. The lowest BCUT2D eigenvalue weighted by atomic mass is 9.96. The number of hydrogen-bond donors (Lipinski definition) is 1. The zero-order valence-corrected chi connectivity index (χ0v) is 18.5. The van der Waals surface area contributed by atoms with E-state index >= 15 is 0 Å². The molecule has 0 atom stereocenters. The molecule has 0 saturated carbocycles. The minimum atomic E-state index is -0.876. The molecule has 0 aliphatic carbocycles. The lowest BCUT2D eigenvalue weighted by molar-refractivity contribution is -0.383. The van der Waals surface area contributed by atoms with Crippen molar-refractivity contribution in [3.05, 3.63) is 104 Å². The van der Waals surface area contributed by atoms with Crippen molar-refractivity contribution in [2.75, 3.05) is 11.9 Å². The molecule has 9 heteroatoms. The smallest absolute Gasteiger partial charge is 0.339 e. The molecule has 0 spiro atoms. The Morgan fingerprint density at radius 2 is 1.67 bits per heavy atom. The van der Waals surface area contributed by atoms with Crippen LogP contribution in [0.2, 0.25) is 5.02 Å². The Hall–Kier alpha value is -4.04. The van der Waals surface area contributed by atoms with Crippen molar-refractivity contribution in [1.29, 1.82) is 0 Å². The van der Waals surface area contributed by atoms with E-state index < -0.39 is 23.4 Å². The van der Waals surface area contributed by atoms with Crippen LogP contribution in [0.4, 0.5) is 11.4 Å². The van der Waals surface area contributed by atoms with Crippen molar-refractivity contribution < 1.29 is 24.0 Å². The normalized spacial score (nSPS) is 10.4. The summed E-state index contributed by atoms with van der Waals surface area (Å²) in [5, 5.41) is 13.6. The van der Waals surface area contributed by atoms with Gasteiger partial charge in [0.2, 0.25) is 0 Å². The molecule has 3 aromatic carbocycles. The van der Waals surface area contributed by atoms with Crippen LogP contribution >= 0.6 is 11.6 Å². The predicted octanol–water partition coefficient (Wildman–Crippen LogP) is 4.89. The molecule has 168 valence electrons. The van der Waals surface area contributed by atoms with Gasteiger partial charge >= 0.3 is 5.97 Å². The molecule has 33 heavy (non-hydrogen) atoms. The van der Waals surface area contributed by atoms with Crippen molar-refractivity contribution in [2.45, 2.75) is 13.8 Å². The van der Waals surface area contributed by atoms with E-state index in [-0.39, 0.29) is 33.3 Å². The second-order valence-electron chi connectivity index (χ2n) is 7.22. The van der Waals surface area contributed by atoms with Gasteiger partial charge in [0.05, 0.1) is 10.5 Å². The highest BCUT2D eigenvalue weighted by molar-refractivity contribution is 6.31. The average Bonchev–Trinajstić information content (AvgIpc) is 2.78. The molecule has 0 aromatic heterocycles. The van der Waals surface area contributed by atoms with Crippen molar-refractivity contribution >= 4 is 40.6 Å². The number of nitro groups is 1. The molecule has 0 aliphatic rings. The number of hydrogen-bond acceptors (Lipinski definition) is 6. The topological polar surface area (TPSA) is 116 Å². The van der Waals surface area contributed by atoms with Gasteiger partial charge in [-0.3, -0.25) is 19.7 Å². The summed E-state index contributed by atoms with van der Waals surface area (Å²) in [5.74, 6) is -2.03. The Bertz CT molecular complexity index is 1270. The first-order chi connectivity index (χ1) is 15.7. The van der Waals surface area contributed by atoms with Gasteiger partial charge < -0.3 is 10.1 Å². The Kier molecular flexibility index (Phi) is 7.20. The number of nitrogens with zero attached hydrogens (tertiary/aromatic N) is 1. The van der Waals surface area contributed by atoms with E-state index in [1.54, 1.807) is 24.3 Å². The summed E-state index contributed by atoms with van der Waals surface area (Å²) in [6.45, 7) is 3.10. The molecule has 0 heterocycles. The lowest BCUT2D eigenvalue weighted by Gasteiger charge is -2.11. The molecule has 0 unspecified atom stereocenters. The number of ketones is 1. The zero-order chi connectivity index (χ0) is 24.1. The summed E-state index contributed by atoms with van der Waals surface area (Å²) in [6.07, 6.45) is 0. The minimum absolute atomic E-state index is 0.00210. The summed E-state index contributed by atoms with van der Waals surface area (Å²) in [4.78, 5) is 48.3. The number of carbonyl (C=O) groups excluding carboxylic acids is 3. The van der Waals surface area contributed by atoms with E-state index in [9.17, 15) is 24.5 Å². The van der Waals surface area contributed by atoms with Gasteiger partial charge in [0.15, 0.2) is 12.4 Å². The maximum absolute atomic E-state index is 13.0. The molecular formula is C24H19ClN2O6. The summed E-state index contributed by atoms with van der Waals surface area (Å²) in [7, 11) is 0. The van der Waals surface area contributed by atoms with Crippen LogP contribution in [0.3, 0.4) is 0 Å². The van der Waals surface area contributed by atoms with Gasteiger partial charge in [-0.2, -0.15) is 0 Å². The third-order valence-electron chi connectivity index (χ3n) is 4.92. The third kappa shape index (κ3) is 5.61. The maximum Gasteiger partial charge on any atom is 0.339 e. The average molecular weight is 467 g/mol. The number of halogens is 1. The molecule has 0 radical (unpaired) electrons. The second kappa shape index (κ2) is 10.1. The molecule has 0 fully saturated rings. The van der Waals surface area contributed by atoms with Crippen molar-refractivity contribution in [3.8, 4) is 0 Å². The van der Waals surface area contributed by atoms with Crippen molar-refractivity contribution in [3.63, 3.8) is 0 Å². The van der Waals surface area contributed by atoms with Crippen LogP contribution < -0.4 is 5.32 Å². The van der Waals surface area contributed by atoms with Gasteiger partial charge in [0.1, 0.15) is 5.69 Å². The molecule has 0 bridgehead atoms. The summed E-state index contributed by atoms with van der Waals surface area (Å²) in [6, 6.07) is 15.1. The van der Waals surface area contributed by atoms with Gasteiger partial charge in [0.25, 0.3) is 11.6 Å². The highest BCUT2D eigenvalue weighted by atomic mass is 35.5. The molecule has 0 aliphatic heterocycles. The molecule has 1 amide bonds. The quantitative estimate of drug-likeness (QED) is 0.229. The fraction of sp³-hybridized carbons (Fsp3) is 0.125. The number of aryl methyl sites for hydroxylation is 2. The Labute approximate surface area is 194 Å². The van der Waals surface area contributed by atoms with Crippen LogP contribution in [0, 0.1) is 24.0 Å². The number of carbonyl (C=O) groups is 3. The van der Waals surface area contributed by atoms with Crippen LogP contribution in [-0.4, -0.2) is 29.2 Å². The van der Waals surface area contributed by atoms with Gasteiger partial charge in [0, 0.05) is 22.2 Å². The number of nitro benzene ring substituents is 1. The van der Waals surface area contributed by atoms with Gasteiger partial charge in [-0.25, -0.2) is 4.79 Å². The zero-order valence-electron chi connectivity index (χ0n) is 17.8. The third-order valence-corrected chi connectivity index (χ3v) is 5.16. The molecule has 3 rings (SSSR count). The molecule has 0 saturated heterocycles. The summed E-state index contributed by atoms with van der Waals surface area (Å²) >= 11 is 5.84. The van der Waals surface area contributed by atoms with Crippen LogP contribution in [0.5, 0.6) is 0 Å². The second-order valence-corrected chi connectivity index (χ2v) is 7.65. The van der Waals surface area contributed by atoms with Crippen LogP contribution in [0.15, 0.2) is 60.7 Å². The van der Waals surface area contributed by atoms with Gasteiger partial charge in [-0.15, -0.1) is 0 Å². The largest absolute Gasteiger partial charge is 0.452 e. The lowest BCUT2D eigenvalue weighted by Crippen LogP contribution is -2.22. The number of anilines is 1. The number of rotatable bonds is 7. The van der Waals surface area contributed by atoms with E-state index in [2.05, 4.69) is 5.32 Å². The van der Waals surface area contributed by atoms with Crippen LogP contribution in [0.25, 0.3) is 0 Å². The van der Waals surface area contributed by atoms with E-state index in [1.807, 2.05) is 19.9 Å². The van der Waals surface area contributed by atoms with E-state index in [4.69, 9.17) is 16.3 Å². The van der Waals surface area contributed by atoms with E-state index in [1.165, 1.54) is 24.3 Å². The maximum atomic E-state index is 13.0. The first kappa shape index (κ1) is 23.6. The Morgan fingerprint density at radius 1 is 0.970 bits per heavy atom. The van der Waals surface area contributed by atoms with E-state index in [0.29, 0.717) is 5.56 Å². The molecule has 1 N–H and O–H groups in total. The Morgan fingerprint density at radius 3 is 2.33 bits per heavy atom. The number of ether oxygens (including phenoxy) is 1. The number of nitrogens with one attached hydrogen (secondary N) is 1. The van der Waals surface area contributed by atoms with E-state index in [0.717, 1.165) is 17.2 Å². The van der Waals surface area contributed by atoms with Crippen molar-refractivity contribution in [1.82, 2.24) is 0 Å². The first-order valence-corrected chi connectivity index (χ1v) is 10.2. The minimum Gasteiger partial charge on any atom is -0.452 e. The van der Waals surface area contributed by atoms with Crippen molar-refractivity contribution in [2.24, 2.45) is 0 Å². The number of amides is 1. The summed E-state index contributed by atoms with van der Waals surface area (Å²) < 4.78 is 5.06. The summed E-state index contributed by atoms with van der Waals surface area (Å²) in [5.41, 5.74) is 2.04. The van der Waals surface area contributed by atoms with Crippen LogP contribution in [-0.2, 0) is 9.53 Å². The highest BCUT2D eigenvalue weighted by Crippen LogP contribution is 2.27. The first-order valence-electron chi connectivity index (χ1n) is 9.79. The highest BCUT2D eigenvalue weighted by Gasteiger charge is 2.21. The number of benzene rings is 3. The fourth-order valence-electron chi connectivity index (χ4n) is 3.06. The monoisotopic (exact) mass is 466 g/mol. The predicted molar refractivity (Wildman–Crippen MR) is 123 cm³/mol. The molecule has 8 nitrogen and oxygen atoms in total. The van der Waals surface area contributed by atoms with Gasteiger partial charge in [-0.05, 0) is 49.2 Å². The number of esters is 1. The fourth-order valence-corrected chi connectivity index (χ4v) is 3.23. The Balaban J connectivity index is 1.74. The molecule has 3 aromatic rings. The SMILES string of the molecule is Cc1ccc(C(=O)c2ccccc2C(=O)OCC(=O)Nc2cc(Cl)ccc2[N+](=O)[O-])cc1C.